The van der Waals surface area contributed by atoms with Gasteiger partial charge < -0.3 is 15.5 Å². The fraction of sp³-hybridized carbons (Fsp3) is 0.923. The molecule has 0 radical (unpaired) electrons. The molecule has 1 rings (SSSR count). The van der Waals surface area contributed by atoms with Crippen molar-refractivity contribution in [2.24, 2.45) is 5.73 Å². The van der Waals surface area contributed by atoms with E-state index in [9.17, 15) is 4.79 Å². The van der Waals surface area contributed by atoms with E-state index in [0.717, 1.165) is 13.1 Å². The summed E-state index contributed by atoms with van der Waals surface area (Å²) in [5.41, 5.74) is 5.58. The lowest BCUT2D eigenvalue weighted by Gasteiger charge is -2.32. The highest BCUT2D eigenvalue weighted by molar-refractivity contribution is 5.85. The molecule has 0 aliphatic heterocycles. The van der Waals surface area contributed by atoms with Crippen LogP contribution in [-0.4, -0.2) is 55.0 Å². The Bertz CT molecular complexity index is 242. The van der Waals surface area contributed by atoms with Crippen LogP contribution in [0.1, 0.15) is 39.0 Å². The van der Waals surface area contributed by atoms with E-state index in [-0.39, 0.29) is 24.4 Å². The Morgan fingerprint density at radius 1 is 1.22 bits per heavy atom. The number of halogens is 1. The standard InChI is InChI=1S/C13H27N3O.ClH/c1-11(14)13(17)16(3)10-9-15(2)12-7-5-4-6-8-12;/h11-12H,4-10,14H2,1-3H3;1H/t11-;/m1./s1. The van der Waals surface area contributed by atoms with Crippen LogP contribution < -0.4 is 5.73 Å². The largest absolute Gasteiger partial charge is 0.343 e. The van der Waals surface area contributed by atoms with Crippen LogP contribution in [0.5, 0.6) is 0 Å². The fourth-order valence-corrected chi connectivity index (χ4v) is 2.47. The van der Waals surface area contributed by atoms with Crippen LogP contribution in [0.25, 0.3) is 0 Å². The lowest BCUT2D eigenvalue weighted by Crippen LogP contribution is -2.44. The Morgan fingerprint density at radius 3 is 2.28 bits per heavy atom. The lowest BCUT2D eigenvalue weighted by molar-refractivity contribution is -0.131. The van der Waals surface area contributed by atoms with Crippen molar-refractivity contribution in [1.82, 2.24) is 9.80 Å². The van der Waals surface area contributed by atoms with Crippen LogP contribution in [0.4, 0.5) is 0 Å². The minimum absolute atomic E-state index is 0. The summed E-state index contributed by atoms with van der Waals surface area (Å²) in [7, 11) is 4.00. The van der Waals surface area contributed by atoms with Gasteiger partial charge in [-0.05, 0) is 26.8 Å². The number of carbonyl (C=O) groups is 1. The molecule has 0 unspecified atom stereocenters. The molecule has 0 aromatic carbocycles. The van der Waals surface area contributed by atoms with Gasteiger partial charge in [0.1, 0.15) is 0 Å². The molecule has 1 atom stereocenters. The van der Waals surface area contributed by atoms with Gasteiger partial charge in [0.25, 0.3) is 0 Å². The molecule has 1 aliphatic carbocycles. The molecule has 5 heteroatoms. The average Bonchev–Trinajstić information content (AvgIpc) is 2.35. The second kappa shape index (κ2) is 8.73. The second-order valence-electron chi connectivity index (χ2n) is 5.32. The monoisotopic (exact) mass is 277 g/mol. The van der Waals surface area contributed by atoms with Gasteiger partial charge in [0.15, 0.2) is 0 Å². The third kappa shape index (κ3) is 5.55. The Labute approximate surface area is 117 Å². The van der Waals surface area contributed by atoms with Gasteiger partial charge >= 0.3 is 0 Å². The molecular weight excluding hydrogens is 250 g/mol. The molecule has 0 bridgehead atoms. The number of nitrogens with zero attached hydrogens (tertiary/aromatic N) is 2. The average molecular weight is 278 g/mol. The van der Waals surface area contributed by atoms with E-state index >= 15 is 0 Å². The quantitative estimate of drug-likeness (QED) is 0.828. The molecule has 2 N–H and O–H groups in total. The Balaban J connectivity index is 0.00000289. The van der Waals surface area contributed by atoms with E-state index in [2.05, 4.69) is 11.9 Å². The van der Waals surface area contributed by atoms with Crippen LogP contribution >= 0.6 is 12.4 Å². The topological polar surface area (TPSA) is 49.6 Å². The molecule has 0 saturated heterocycles. The summed E-state index contributed by atoms with van der Waals surface area (Å²) in [6.07, 6.45) is 6.70. The molecule has 1 aliphatic rings. The fourth-order valence-electron chi connectivity index (χ4n) is 2.47. The minimum Gasteiger partial charge on any atom is -0.343 e. The summed E-state index contributed by atoms with van der Waals surface area (Å²) in [6.45, 7) is 3.46. The van der Waals surface area contributed by atoms with Crippen molar-refractivity contribution < 1.29 is 4.79 Å². The van der Waals surface area contributed by atoms with Gasteiger partial charge in [0.05, 0.1) is 6.04 Å². The minimum atomic E-state index is -0.389. The van der Waals surface area contributed by atoms with E-state index in [1.807, 2.05) is 7.05 Å². The first-order chi connectivity index (χ1) is 8.02. The number of hydrogen-bond donors (Lipinski definition) is 1. The second-order valence-corrected chi connectivity index (χ2v) is 5.32. The lowest BCUT2D eigenvalue weighted by atomic mass is 9.94. The molecular formula is C13H28ClN3O. The van der Waals surface area contributed by atoms with Crippen LogP contribution in [0, 0.1) is 0 Å². The SMILES string of the molecule is C[C@@H](N)C(=O)N(C)CCN(C)C1CCCCC1.Cl. The van der Waals surface area contributed by atoms with Crippen molar-refractivity contribution in [2.45, 2.75) is 51.1 Å². The maximum absolute atomic E-state index is 11.6. The summed E-state index contributed by atoms with van der Waals surface area (Å²) in [6, 6.07) is 0.322. The van der Waals surface area contributed by atoms with Crippen LogP contribution in [0.3, 0.4) is 0 Å². The van der Waals surface area contributed by atoms with Crippen LogP contribution in [0.2, 0.25) is 0 Å². The molecule has 108 valence electrons. The third-order valence-corrected chi connectivity index (χ3v) is 3.75. The van der Waals surface area contributed by atoms with Crippen molar-refractivity contribution in [3.8, 4) is 0 Å². The molecule has 0 spiro atoms. The zero-order valence-corrected chi connectivity index (χ0v) is 12.7. The van der Waals surface area contributed by atoms with Gasteiger partial charge in [0.2, 0.25) is 5.91 Å². The van der Waals surface area contributed by atoms with Crippen molar-refractivity contribution >= 4 is 18.3 Å². The van der Waals surface area contributed by atoms with E-state index in [1.54, 1.807) is 11.8 Å². The van der Waals surface area contributed by atoms with Crippen LogP contribution in [0.15, 0.2) is 0 Å². The number of amides is 1. The van der Waals surface area contributed by atoms with E-state index in [0.29, 0.717) is 6.04 Å². The molecule has 0 aromatic rings. The van der Waals surface area contributed by atoms with Crippen molar-refractivity contribution in [3.05, 3.63) is 0 Å². The van der Waals surface area contributed by atoms with E-state index in [1.165, 1.54) is 32.1 Å². The van der Waals surface area contributed by atoms with Crippen LogP contribution in [-0.2, 0) is 4.79 Å². The smallest absolute Gasteiger partial charge is 0.238 e. The van der Waals surface area contributed by atoms with Crippen molar-refractivity contribution in [2.75, 3.05) is 27.2 Å². The predicted octanol–water partition coefficient (Wildman–Crippen LogP) is 1.48. The summed E-state index contributed by atoms with van der Waals surface area (Å²) >= 11 is 0. The van der Waals surface area contributed by atoms with Crippen molar-refractivity contribution in [1.29, 1.82) is 0 Å². The number of carbonyl (C=O) groups excluding carboxylic acids is 1. The van der Waals surface area contributed by atoms with Gasteiger partial charge in [-0.1, -0.05) is 19.3 Å². The van der Waals surface area contributed by atoms with Gasteiger partial charge in [-0.2, -0.15) is 0 Å². The van der Waals surface area contributed by atoms with Gasteiger partial charge in [-0.3, -0.25) is 4.79 Å². The Morgan fingerprint density at radius 2 is 1.78 bits per heavy atom. The molecule has 1 amide bonds. The van der Waals surface area contributed by atoms with Gasteiger partial charge in [-0.25, -0.2) is 0 Å². The predicted molar refractivity (Wildman–Crippen MR) is 78.0 cm³/mol. The maximum Gasteiger partial charge on any atom is 0.238 e. The van der Waals surface area contributed by atoms with Gasteiger partial charge in [-0.15, -0.1) is 12.4 Å². The molecule has 0 heterocycles. The number of rotatable bonds is 5. The van der Waals surface area contributed by atoms with E-state index < -0.39 is 0 Å². The zero-order valence-electron chi connectivity index (χ0n) is 11.9. The molecule has 4 nitrogen and oxygen atoms in total. The molecule has 1 saturated carbocycles. The normalized spacial score (nSPS) is 18.3. The highest BCUT2D eigenvalue weighted by Gasteiger charge is 2.19. The third-order valence-electron chi connectivity index (χ3n) is 3.75. The summed E-state index contributed by atoms with van der Waals surface area (Å²) in [4.78, 5) is 15.7. The highest BCUT2D eigenvalue weighted by atomic mass is 35.5. The first kappa shape index (κ1) is 17.7. The summed E-state index contributed by atoms with van der Waals surface area (Å²) in [5, 5.41) is 0. The zero-order chi connectivity index (χ0) is 12.8. The Hall–Kier alpha value is -0.320. The first-order valence-electron chi connectivity index (χ1n) is 6.73. The summed E-state index contributed by atoms with van der Waals surface area (Å²) in [5.74, 6) is 0.0297. The maximum atomic E-state index is 11.6. The van der Waals surface area contributed by atoms with Gasteiger partial charge in [0, 0.05) is 26.2 Å². The summed E-state index contributed by atoms with van der Waals surface area (Å²) < 4.78 is 0. The molecule has 0 aromatic heterocycles. The Kier molecular flexibility index (Phi) is 8.57. The van der Waals surface area contributed by atoms with Crippen molar-refractivity contribution in [3.63, 3.8) is 0 Å². The van der Waals surface area contributed by atoms with E-state index in [4.69, 9.17) is 5.73 Å². The number of hydrogen-bond acceptors (Lipinski definition) is 3. The number of likely N-dealkylation sites (N-methyl/N-ethyl adjacent to an activating group) is 2. The first-order valence-corrected chi connectivity index (χ1v) is 6.73. The number of nitrogens with two attached hydrogens (primary N) is 1. The molecule has 1 fully saturated rings. The highest BCUT2D eigenvalue weighted by Crippen LogP contribution is 2.21. The molecule has 18 heavy (non-hydrogen) atoms.